The van der Waals surface area contributed by atoms with Crippen LogP contribution in [0, 0.1) is 5.82 Å². The van der Waals surface area contributed by atoms with Crippen LogP contribution in [-0.2, 0) is 18.4 Å². The molecule has 2 fully saturated rings. The lowest BCUT2D eigenvalue weighted by Crippen LogP contribution is -2.52. The molecule has 230 valence electrons. The summed E-state index contributed by atoms with van der Waals surface area (Å²) < 4.78 is 49.8. The summed E-state index contributed by atoms with van der Waals surface area (Å²) in [7, 11) is -9.77. The van der Waals surface area contributed by atoms with Crippen molar-refractivity contribution in [3.63, 3.8) is 0 Å². The zero-order chi connectivity index (χ0) is 30.4. The Kier molecular flexibility index (Phi) is 8.80. The zero-order valence-corrected chi connectivity index (χ0v) is 24.4. The number of fused-ring (bicyclic) bond motifs is 1. The van der Waals surface area contributed by atoms with E-state index >= 15 is 0 Å². The summed E-state index contributed by atoms with van der Waals surface area (Å²) in [6.45, 7) is -1.47. The number of ether oxygens (including phenoxy) is 1. The first-order chi connectivity index (χ1) is 19.7. The maximum Gasteiger partial charge on any atom is 0.340 e. The third kappa shape index (κ3) is 6.12. The number of hydrogen-bond acceptors (Lipinski definition) is 11. The van der Waals surface area contributed by atoms with Gasteiger partial charge in [0.1, 0.15) is 23.6 Å². The van der Waals surface area contributed by atoms with Gasteiger partial charge in [0, 0.05) is 12.1 Å². The monoisotopic (exact) mass is 651 g/mol. The van der Waals surface area contributed by atoms with Gasteiger partial charge in [-0.15, -0.1) is 0 Å². The van der Waals surface area contributed by atoms with Gasteiger partial charge in [0.05, 0.1) is 25.6 Å². The molecule has 6 N–H and O–H groups in total. The highest BCUT2D eigenvalue weighted by Gasteiger charge is 2.56. The van der Waals surface area contributed by atoms with Crippen molar-refractivity contribution in [2.45, 2.75) is 49.3 Å². The number of aliphatic hydroxyl groups excluding tert-OH is 2. The lowest BCUT2D eigenvalue weighted by Gasteiger charge is -2.37. The Morgan fingerprint density at radius 1 is 1.19 bits per heavy atom. The summed E-state index contributed by atoms with van der Waals surface area (Å²) in [5.74, 6) is -1.55. The van der Waals surface area contributed by atoms with Gasteiger partial charge in [-0.25, -0.2) is 9.37 Å². The number of imidazole rings is 1. The molecule has 1 aromatic carbocycles. The average Bonchev–Trinajstić information content (AvgIpc) is 3.44. The first kappa shape index (κ1) is 31.4. The van der Waals surface area contributed by atoms with Crippen LogP contribution < -0.4 is 4.90 Å². The van der Waals surface area contributed by atoms with Gasteiger partial charge < -0.3 is 44.2 Å². The van der Waals surface area contributed by atoms with Gasteiger partial charge in [0.2, 0.25) is 5.28 Å². The topological polar surface area (TPSA) is 221 Å². The van der Waals surface area contributed by atoms with Crippen LogP contribution in [0.1, 0.15) is 37.1 Å². The van der Waals surface area contributed by atoms with Gasteiger partial charge in [-0.3, -0.25) is 13.7 Å². The van der Waals surface area contributed by atoms with E-state index in [0.29, 0.717) is 24.3 Å². The Labute approximate surface area is 243 Å². The fourth-order valence-corrected chi connectivity index (χ4v) is 8.09. The van der Waals surface area contributed by atoms with Gasteiger partial charge in [-0.2, -0.15) is 9.97 Å². The van der Waals surface area contributed by atoms with E-state index < -0.39 is 58.3 Å². The van der Waals surface area contributed by atoms with E-state index in [1.54, 1.807) is 18.2 Å². The van der Waals surface area contributed by atoms with Crippen LogP contribution in [0.3, 0.4) is 0 Å². The predicted molar refractivity (Wildman–Crippen MR) is 145 cm³/mol. The first-order valence-electron chi connectivity index (χ1n) is 12.8. The number of aliphatic hydroxyl groups is 3. The van der Waals surface area contributed by atoms with Crippen LogP contribution in [0.5, 0.6) is 0 Å². The molecule has 0 spiro atoms. The largest absolute Gasteiger partial charge is 0.393 e. The summed E-state index contributed by atoms with van der Waals surface area (Å²) >= 11 is 6.31. The minimum Gasteiger partial charge on any atom is -0.393 e. The van der Waals surface area contributed by atoms with E-state index in [1.807, 2.05) is 4.90 Å². The number of anilines is 1. The maximum atomic E-state index is 14.8. The van der Waals surface area contributed by atoms with Crippen molar-refractivity contribution in [3.05, 3.63) is 47.3 Å². The van der Waals surface area contributed by atoms with Crippen molar-refractivity contribution in [3.8, 4) is 0 Å². The minimum absolute atomic E-state index is 0.0723. The van der Waals surface area contributed by atoms with Crippen LogP contribution in [0.4, 0.5) is 10.2 Å². The molecule has 42 heavy (non-hydrogen) atoms. The summed E-state index contributed by atoms with van der Waals surface area (Å²) in [5.41, 5.74) is -1.65. The zero-order valence-electron chi connectivity index (χ0n) is 21.8. The molecule has 2 aliphatic rings. The highest BCUT2D eigenvalue weighted by molar-refractivity contribution is 7.70. The van der Waals surface area contributed by atoms with Gasteiger partial charge in [0.15, 0.2) is 29.1 Å². The SMILES string of the molecule is O=P(O)(O)CP(=O)(O)OC[C@H]1O[C@@H](n2cnc3c(N4CCCCC4c4ccccc4F)nc(Cl)nc32)[C@H](O)[C@@]1(O)CO. The molecule has 3 aromatic rings. The van der Waals surface area contributed by atoms with Gasteiger partial charge in [-0.05, 0) is 36.9 Å². The molecule has 2 saturated heterocycles. The number of piperidine rings is 1. The van der Waals surface area contributed by atoms with Crippen LogP contribution in [0.15, 0.2) is 30.6 Å². The van der Waals surface area contributed by atoms with Crippen molar-refractivity contribution < 1.29 is 52.8 Å². The molecule has 0 amide bonds. The summed E-state index contributed by atoms with van der Waals surface area (Å²) in [6, 6.07) is 6.04. The molecule has 0 aliphatic carbocycles. The molecule has 19 heteroatoms. The van der Waals surface area contributed by atoms with E-state index in [0.717, 1.165) is 12.8 Å². The lowest BCUT2D eigenvalue weighted by molar-refractivity contribution is -0.117. The van der Waals surface area contributed by atoms with Gasteiger partial charge >= 0.3 is 15.2 Å². The molecule has 2 unspecified atom stereocenters. The third-order valence-electron chi connectivity index (χ3n) is 7.38. The Morgan fingerprint density at radius 2 is 1.93 bits per heavy atom. The predicted octanol–water partition coefficient (Wildman–Crippen LogP) is 1.67. The number of halogens is 2. The third-order valence-corrected chi connectivity index (χ3v) is 11.0. The van der Waals surface area contributed by atoms with Crippen molar-refractivity contribution in [2.24, 2.45) is 0 Å². The van der Waals surface area contributed by atoms with Gasteiger partial charge in [0.25, 0.3) is 0 Å². The summed E-state index contributed by atoms with van der Waals surface area (Å²) in [4.78, 5) is 42.7. The Bertz CT molecular complexity index is 1560. The number of aromatic nitrogens is 4. The second-order valence-electron chi connectivity index (χ2n) is 10.2. The molecule has 15 nitrogen and oxygen atoms in total. The average molecular weight is 652 g/mol. The number of rotatable bonds is 9. The normalized spacial score (nSPS) is 28.3. The molecule has 2 aliphatic heterocycles. The molecule has 0 bridgehead atoms. The number of nitrogens with zero attached hydrogens (tertiary/aromatic N) is 5. The second kappa shape index (κ2) is 11.8. The van der Waals surface area contributed by atoms with E-state index in [9.17, 15) is 33.7 Å². The molecule has 4 heterocycles. The van der Waals surface area contributed by atoms with E-state index in [-0.39, 0.29) is 28.3 Å². The fraction of sp³-hybridized carbons (Fsp3) is 0.522. The van der Waals surface area contributed by atoms with Crippen LogP contribution in [0.25, 0.3) is 11.2 Å². The second-order valence-corrected chi connectivity index (χ2v) is 14.5. The van der Waals surface area contributed by atoms with E-state index in [4.69, 9.17) is 30.6 Å². The lowest BCUT2D eigenvalue weighted by atomic mass is 9.93. The van der Waals surface area contributed by atoms with Crippen molar-refractivity contribution in [2.75, 3.05) is 30.6 Å². The van der Waals surface area contributed by atoms with E-state index in [2.05, 4.69) is 15.0 Å². The number of hydrogen-bond donors (Lipinski definition) is 6. The summed E-state index contributed by atoms with van der Waals surface area (Å²) in [5, 5.41) is 31.8. The Balaban J connectivity index is 1.48. The molecular formula is C23H29ClFN5O10P2. The van der Waals surface area contributed by atoms with E-state index in [1.165, 1.54) is 17.0 Å². The standard InChI is InChI=1S/C23H29ClFN5O10P2/c24-22-27-19(29-8-4-3-7-15(29)13-5-1-2-6-14(13)25)17-20(28-22)30(11-26-17)21-18(32)23(33,10-31)16(40-21)9-39-42(37,38)12-41(34,35)36/h1-2,5-6,11,15-16,18,21,31-33H,3-4,7-10,12H2,(H,37,38)(H2,34,35,36)/t15?,16-,18+,21-,23-/m1/s1. The van der Waals surface area contributed by atoms with Crippen molar-refractivity contribution in [1.82, 2.24) is 19.5 Å². The van der Waals surface area contributed by atoms with Crippen molar-refractivity contribution >= 4 is 43.8 Å². The van der Waals surface area contributed by atoms with Crippen LogP contribution in [0.2, 0.25) is 5.28 Å². The minimum atomic E-state index is -4.93. The Hall–Kier alpha value is -2.07. The Morgan fingerprint density at radius 3 is 2.62 bits per heavy atom. The number of benzene rings is 1. The molecule has 0 radical (unpaired) electrons. The van der Waals surface area contributed by atoms with Crippen LogP contribution >= 0.6 is 26.8 Å². The summed E-state index contributed by atoms with van der Waals surface area (Å²) in [6.07, 6.45) is -1.43. The van der Waals surface area contributed by atoms with Gasteiger partial charge in [-0.1, -0.05) is 18.2 Å². The highest BCUT2D eigenvalue weighted by atomic mass is 35.5. The molecule has 0 saturated carbocycles. The molecule has 2 aromatic heterocycles. The van der Waals surface area contributed by atoms with Crippen LogP contribution in [-0.4, -0.2) is 93.0 Å². The molecule has 6 atom stereocenters. The first-order valence-corrected chi connectivity index (χ1v) is 16.8. The van der Waals surface area contributed by atoms with Crippen molar-refractivity contribution in [1.29, 1.82) is 0 Å². The maximum absolute atomic E-state index is 14.8. The fourth-order valence-electron chi connectivity index (χ4n) is 5.37. The quantitative estimate of drug-likeness (QED) is 0.143. The highest BCUT2D eigenvalue weighted by Crippen LogP contribution is 2.56. The smallest absolute Gasteiger partial charge is 0.340 e. The molecular weight excluding hydrogens is 623 g/mol. The molecule has 5 rings (SSSR count).